The van der Waals surface area contributed by atoms with Crippen LogP contribution in [0.3, 0.4) is 0 Å². The number of para-hydroxylation sites is 2. The van der Waals surface area contributed by atoms with Crippen LogP contribution in [0.5, 0.6) is 11.5 Å². The first-order valence-corrected chi connectivity index (χ1v) is 13.2. The molecule has 0 unspecified atom stereocenters. The highest BCUT2D eigenvalue weighted by Crippen LogP contribution is 2.57. The van der Waals surface area contributed by atoms with Crippen molar-refractivity contribution in [1.82, 2.24) is 0 Å². The molecule has 164 valence electrons. The Morgan fingerprint density at radius 2 is 1.23 bits per heavy atom. The molecule has 4 heteroatoms. The molecule has 0 aliphatic carbocycles. The van der Waals surface area contributed by atoms with Crippen molar-refractivity contribution in [3.8, 4) is 11.5 Å². The summed E-state index contributed by atoms with van der Waals surface area (Å²) < 4.78 is 11.3. The monoisotopic (exact) mass is 452 g/mol. The molecule has 0 heterocycles. The maximum Gasteiger partial charge on any atom is 0.124 e. The molecule has 3 rings (SSSR count). The molecular formula is C27H32O2S2. The maximum absolute atomic E-state index is 5.86. The van der Waals surface area contributed by atoms with Gasteiger partial charge in [-0.1, -0.05) is 115 Å². The normalized spacial score (nSPS) is 11.3. The van der Waals surface area contributed by atoms with E-state index in [2.05, 4.69) is 73.7 Å². The minimum atomic E-state index is -0.462. The molecule has 0 spiro atoms. The first-order valence-electron chi connectivity index (χ1n) is 10.9. The van der Waals surface area contributed by atoms with Gasteiger partial charge < -0.3 is 9.47 Å². The zero-order valence-electron chi connectivity index (χ0n) is 18.7. The summed E-state index contributed by atoms with van der Waals surface area (Å²) in [5.74, 6) is 2.89. The van der Waals surface area contributed by atoms with Crippen molar-refractivity contribution in [3.05, 3.63) is 95.6 Å². The van der Waals surface area contributed by atoms with Crippen LogP contribution >= 0.6 is 21.6 Å². The number of hydrogen-bond donors (Lipinski definition) is 0. The molecule has 0 radical (unpaired) electrons. The SMILES string of the molecule is CCCCCCSSC(c1ccccc1)(c1ccccc1OC)c1ccccc1OC. The number of benzene rings is 3. The Morgan fingerprint density at radius 1 is 0.677 bits per heavy atom. The Hall–Kier alpha value is -2.04. The fourth-order valence-electron chi connectivity index (χ4n) is 3.86. The zero-order chi connectivity index (χ0) is 21.9. The molecule has 31 heavy (non-hydrogen) atoms. The fourth-order valence-corrected chi connectivity index (χ4v) is 7.15. The van der Waals surface area contributed by atoms with E-state index in [1.807, 2.05) is 33.7 Å². The average molecular weight is 453 g/mol. The first-order chi connectivity index (χ1) is 15.3. The van der Waals surface area contributed by atoms with Gasteiger partial charge in [0.1, 0.15) is 16.2 Å². The molecule has 0 bridgehead atoms. The molecule has 0 fully saturated rings. The van der Waals surface area contributed by atoms with Crippen molar-refractivity contribution < 1.29 is 9.47 Å². The lowest BCUT2D eigenvalue weighted by atomic mass is 9.83. The Balaban J connectivity index is 2.16. The summed E-state index contributed by atoms with van der Waals surface area (Å²) in [7, 11) is 7.34. The van der Waals surface area contributed by atoms with Crippen LogP contribution in [0.15, 0.2) is 78.9 Å². The van der Waals surface area contributed by atoms with E-state index in [1.54, 1.807) is 14.2 Å². The molecule has 0 amide bonds. The highest BCUT2D eigenvalue weighted by molar-refractivity contribution is 8.77. The molecule has 3 aromatic carbocycles. The fraction of sp³-hybridized carbons (Fsp3) is 0.333. The quantitative estimate of drug-likeness (QED) is 0.157. The highest BCUT2D eigenvalue weighted by atomic mass is 33.1. The second-order valence-electron chi connectivity index (χ2n) is 7.41. The van der Waals surface area contributed by atoms with Gasteiger partial charge >= 0.3 is 0 Å². The molecule has 0 atom stereocenters. The van der Waals surface area contributed by atoms with Gasteiger partial charge in [0.25, 0.3) is 0 Å². The van der Waals surface area contributed by atoms with Gasteiger partial charge in [0.05, 0.1) is 14.2 Å². The average Bonchev–Trinajstić information content (AvgIpc) is 2.84. The molecule has 0 saturated carbocycles. The van der Waals surface area contributed by atoms with Crippen LogP contribution in [-0.2, 0) is 4.75 Å². The van der Waals surface area contributed by atoms with Crippen LogP contribution in [0.4, 0.5) is 0 Å². The highest BCUT2D eigenvalue weighted by Gasteiger charge is 2.41. The largest absolute Gasteiger partial charge is 0.496 e. The van der Waals surface area contributed by atoms with Crippen LogP contribution in [0.2, 0.25) is 0 Å². The van der Waals surface area contributed by atoms with E-state index in [9.17, 15) is 0 Å². The summed E-state index contributed by atoms with van der Waals surface area (Å²) in [5.41, 5.74) is 3.49. The number of methoxy groups -OCH3 is 2. The Kier molecular flexibility index (Phi) is 9.23. The standard InChI is InChI=1S/C27H32O2S2/c1-4-5-6-14-21-30-31-27(22-15-8-7-9-16-22,23-17-10-12-19-25(23)28-2)24-18-11-13-20-26(24)29-3/h7-13,15-20H,4-6,14,21H2,1-3H3. The lowest BCUT2D eigenvalue weighted by Crippen LogP contribution is -2.26. The van der Waals surface area contributed by atoms with E-state index in [0.717, 1.165) is 28.4 Å². The van der Waals surface area contributed by atoms with Gasteiger partial charge in [-0.25, -0.2) is 0 Å². The summed E-state index contributed by atoms with van der Waals surface area (Å²) in [6.45, 7) is 2.26. The van der Waals surface area contributed by atoms with E-state index in [-0.39, 0.29) is 0 Å². The van der Waals surface area contributed by atoms with Gasteiger partial charge in [0, 0.05) is 16.9 Å². The molecule has 3 aromatic rings. The van der Waals surface area contributed by atoms with Crippen LogP contribution in [0.25, 0.3) is 0 Å². The summed E-state index contributed by atoms with van der Waals surface area (Å²) in [6, 6.07) is 27.4. The van der Waals surface area contributed by atoms with E-state index in [1.165, 1.54) is 31.2 Å². The zero-order valence-corrected chi connectivity index (χ0v) is 20.3. The van der Waals surface area contributed by atoms with E-state index in [0.29, 0.717) is 0 Å². The molecule has 0 aliphatic rings. The van der Waals surface area contributed by atoms with Gasteiger partial charge in [-0.3, -0.25) is 0 Å². The molecule has 0 saturated heterocycles. The molecule has 0 N–H and O–H groups in total. The topological polar surface area (TPSA) is 18.5 Å². The third-order valence-electron chi connectivity index (χ3n) is 5.42. The van der Waals surface area contributed by atoms with Gasteiger partial charge in [-0.05, 0) is 24.1 Å². The Labute approximate surface area is 195 Å². The number of rotatable bonds is 12. The van der Waals surface area contributed by atoms with E-state index < -0.39 is 4.75 Å². The molecular weight excluding hydrogens is 420 g/mol. The summed E-state index contributed by atoms with van der Waals surface area (Å²) in [5, 5.41) is 0. The number of hydrogen-bond acceptors (Lipinski definition) is 4. The van der Waals surface area contributed by atoms with Crippen molar-refractivity contribution in [2.75, 3.05) is 20.0 Å². The molecule has 0 aliphatic heterocycles. The van der Waals surface area contributed by atoms with Gasteiger partial charge in [0.15, 0.2) is 0 Å². The van der Waals surface area contributed by atoms with Crippen LogP contribution in [0.1, 0.15) is 49.3 Å². The minimum absolute atomic E-state index is 0.462. The molecule has 2 nitrogen and oxygen atoms in total. The maximum atomic E-state index is 5.86. The number of ether oxygens (including phenoxy) is 2. The second-order valence-corrected chi connectivity index (χ2v) is 10.0. The van der Waals surface area contributed by atoms with Crippen LogP contribution in [0, 0.1) is 0 Å². The van der Waals surface area contributed by atoms with Crippen molar-refractivity contribution in [2.45, 2.75) is 37.4 Å². The lowest BCUT2D eigenvalue weighted by Gasteiger charge is -2.36. The van der Waals surface area contributed by atoms with E-state index in [4.69, 9.17) is 9.47 Å². The number of unbranched alkanes of at least 4 members (excludes halogenated alkanes) is 3. The minimum Gasteiger partial charge on any atom is -0.496 e. The predicted octanol–water partition coefficient (Wildman–Crippen LogP) is 7.96. The Morgan fingerprint density at radius 3 is 1.77 bits per heavy atom. The summed E-state index contributed by atoms with van der Waals surface area (Å²) in [6.07, 6.45) is 5.07. The first kappa shape index (κ1) is 23.6. The second kappa shape index (κ2) is 12.1. The smallest absolute Gasteiger partial charge is 0.124 e. The van der Waals surface area contributed by atoms with Gasteiger partial charge in [-0.2, -0.15) is 0 Å². The van der Waals surface area contributed by atoms with Crippen molar-refractivity contribution in [3.63, 3.8) is 0 Å². The third kappa shape index (κ3) is 5.42. The lowest BCUT2D eigenvalue weighted by molar-refractivity contribution is 0.400. The van der Waals surface area contributed by atoms with Crippen molar-refractivity contribution >= 4 is 21.6 Å². The van der Waals surface area contributed by atoms with Crippen LogP contribution in [-0.4, -0.2) is 20.0 Å². The van der Waals surface area contributed by atoms with Crippen LogP contribution < -0.4 is 9.47 Å². The third-order valence-corrected chi connectivity index (χ3v) is 8.52. The van der Waals surface area contributed by atoms with Gasteiger partial charge in [0.2, 0.25) is 0 Å². The van der Waals surface area contributed by atoms with E-state index >= 15 is 0 Å². The van der Waals surface area contributed by atoms with Gasteiger partial charge in [-0.15, -0.1) is 0 Å². The Bertz CT molecular complexity index is 880. The van der Waals surface area contributed by atoms with Crippen molar-refractivity contribution in [1.29, 1.82) is 0 Å². The van der Waals surface area contributed by atoms with Crippen molar-refractivity contribution in [2.24, 2.45) is 0 Å². The summed E-state index contributed by atoms with van der Waals surface area (Å²) in [4.78, 5) is 0. The molecule has 0 aromatic heterocycles. The summed E-state index contributed by atoms with van der Waals surface area (Å²) >= 11 is 0. The predicted molar refractivity (Wildman–Crippen MR) is 137 cm³/mol.